The number of anilines is 2. The van der Waals surface area contributed by atoms with Crippen molar-refractivity contribution in [1.29, 1.82) is 0 Å². The molecule has 0 aromatic heterocycles. The highest BCUT2D eigenvalue weighted by Crippen LogP contribution is 2.28. The van der Waals surface area contributed by atoms with Gasteiger partial charge in [0.15, 0.2) is 0 Å². The van der Waals surface area contributed by atoms with Crippen molar-refractivity contribution in [3.63, 3.8) is 0 Å². The summed E-state index contributed by atoms with van der Waals surface area (Å²) in [4.78, 5) is 14.3. The van der Waals surface area contributed by atoms with Gasteiger partial charge in [-0.05, 0) is 37.8 Å². The van der Waals surface area contributed by atoms with Crippen molar-refractivity contribution >= 4 is 17.3 Å². The molecule has 0 spiro atoms. The predicted octanol–water partition coefficient (Wildman–Crippen LogP) is 1.98. The van der Waals surface area contributed by atoms with Crippen molar-refractivity contribution in [2.75, 3.05) is 29.9 Å². The largest absolute Gasteiger partial charge is 0.370 e. The lowest BCUT2D eigenvalue weighted by atomic mass is 10.2. The van der Waals surface area contributed by atoms with E-state index in [1.54, 1.807) is 0 Å². The van der Waals surface area contributed by atoms with Crippen LogP contribution < -0.4 is 15.5 Å². The first-order chi connectivity index (χ1) is 9.33. The predicted molar refractivity (Wildman–Crippen MR) is 77.5 cm³/mol. The van der Waals surface area contributed by atoms with Gasteiger partial charge in [-0.25, -0.2) is 0 Å². The number of para-hydroxylation sites is 2. The van der Waals surface area contributed by atoms with Crippen molar-refractivity contribution in [2.45, 2.75) is 31.7 Å². The fourth-order valence-corrected chi connectivity index (χ4v) is 2.53. The number of amides is 1. The normalized spacial score (nSPS) is 18.6. The summed E-state index contributed by atoms with van der Waals surface area (Å²) in [6, 6.07) is 8.66. The lowest BCUT2D eigenvalue weighted by Gasteiger charge is -2.21. The van der Waals surface area contributed by atoms with Crippen LogP contribution in [0.25, 0.3) is 0 Å². The molecule has 1 aliphatic carbocycles. The number of hydrogen-bond acceptors (Lipinski definition) is 3. The number of hydrogen-bond donors (Lipinski definition) is 2. The summed E-state index contributed by atoms with van der Waals surface area (Å²) in [5, 5.41) is 6.27. The summed E-state index contributed by atoms with van der Waals surface area (Å²) in [5.74, 6) is 0.0542. The molecule has 2 fully saturated rings. The Kier molecular flexibility index (Phi) is 3.69. The Hall–Kier alpha value is -1.55. The molecule has 1 aliphatic heterocycles. The van der Waals surface area contributed by atoms with Crippen LogP contribution >= 0.6 is 0 Å². The third kappa shape index (κ3) is 3.26. The molecule has 1 saturated heterocycles. The Morgan fingerprint density at radius 2 is 1.95 bits per heavy atom. The number of carbonyl (C=O) groups excluding carboxylic acids is 1. The van der Waals surface area contributed by atoms with Crippen molar-refractivity contribution in [1.82, 2.24) is 5.32 Å². The maximum atomic E-state index is 11.9. The highest BCUT2D eigenvalue weighted by Gasteiger charge is 2.21. The number of carbonyl (C=O) groups is 1. The maximum Gasteiger partial charge on any atom is 0.238 e. The van der Waals surface area contributed by atoms with E-state index in [9.17, 15) is 4.79 Å². The Morgan fingerprint density at radius 3 is 2.68 bits per heavy atom. The van der Waals surface area contributed by atoms with Crippen LogP contribution in [-0.4, -0.2) is 31.6 Å². The molecule has 4 heteroatoms. The minimum Gasteiger partial charge on any atom is -0.370 e. The van der Waals surface area contributed by atoms with Gasteiger partial charge in [0.1, 0.15) is 0 Å². The summed E-state index contributed by atoms with van der Waals surface area (Å²) < 4.78 is 0. The third-order valence-electron chi connectivity index (χ3n) is 3.75. The fourth-order valence-electron chi connectivity index (χ4n) is 2.53. The van der Waals surface area contributed by atoms with Crippen molar-refractivity contribution < 1.29 is 4.79 Å². The molecule has 2 aliphatic rings. The highest BCUT2D eigenvalue weighted by molar-refractivity contribution is 5.95. The summed E-state index contributed by atoms with van der Waals surface area (Å²) in [6.45, 7) is 2.60. The first kappa shape index (κ1) is 12.5. The van der Waals surface area contributed by atoms with E-state index >= 15 is 0 Å². The third-order valence-corrected chi connectivity index (χ3v) is 3.75. The number of rotatable bonds is 5. The van der Waals surface area contributed by atoms with Crippen molar-refractivity contribution in [3.05, 3.63) is 24.3 Å². The van der Waals surface area contributed by atoms with Gasteiger partial charge in [-0.3, -0.25) is 4.79 Å². The van der Waals surface area contributed by atoms with E-state index in [2.05, 4.69) is 21.6 Å². The second-order valence-corrected chi connectivity index (χ2v) is 5.41. The standard InChI is InChI=1S/C15H21N3O/c19-15(11-16-12-7-8-12)17-13-5-1-2-6-14(13)18-9-3-4-10-18/h1-2,5-6,12,16H,3-4,7-11H2,(H,17,19). The zero-order valence-corrected chi connectivity index (χ0v) is 11.2. The molecule has 0 radical (unpaired) electrons. The molecule has 1 aromatic rings. The molecule has 1 aromatic carbocycles. The number of nitrogens with one attached hydrogen (secondary N) is 2. The molecular weight excluding hydrogens is 238 g/mol. The molecular formula is C15H21N3O. The van der Waals surface area contributed by atoms with Crippen LogP contribution in [0, 0.1) is 0 Å². The van der Waals surface area contributed by atoms with Crippen LogP contribution in [0.5, 0.6) is 0 Å². The van der Waals surface area contributed by atoms with Gasteiger partial charge in [-0.2, -0.15) is 0 Å². The topological polar surface area (TPSA) is 44.4 Å². The van der Waals surface area contributed by atoms with Gasteiger partial charge >= 0.3 is 0 Å². The maximum absolute atomic E-state index is 11.9. The average molecular weight is 259 g/mol. The smallest absolute Gasteiger partial charge is 0.238 e. The molecule has 1 heterocycles. The summed E-state index contributed by atoms with van der Waals surface area (Å²) in [5.41, 5.74) is 2.09. The molecule has 0 bridgehead atoms. The van der Waals surface area contributed by atoms with Crippen LogP contribution in [0.15, 0.2) is 24.3 Å². The highest BCUT2D eigenvalue weighted by atomic mass is 16.1. The van der Waals surface area contributed by atoms with Gasteiger partial charge in [-0.1, -0.05) is 12.1 Å². The Bertz CT molecular complexity index is 450. The van der Waals surface area contributed by atoms with Gasteiger partial charge in [0.25, 0.3) is 0 Å². The molecule has 102 valence electrons. The van der Waals surface area contributed by atoms with Crippen LogP contribution in [0.1, 0.15) is 25.7 Å². The van der Waals surface area contributed by atoms with Gasteiger partial charge < -0.3 is 15.5 Å². The first-order valence-corrected chi connectivity index (χ1v) is 7.20. The van der Waals surface area contributed by atoms with E-state index in [1.165, 1.54) is 25.7 Å². The minimum absolute atomic E-state index is 0.0542. The Balaban J connectivity index is 1.63. The molecule has 3 rings (SSSR count). The van der Waals surface area contributed by atoms with E-state index in [0.717, 1.165) is 24.5 Å². The second kappa shape index (κ2) is 5.61. The second-order valence-electron chi connectivity index (χ2n) is 5.41. The lowest BCUT2D eigenvalue weighted by molar-refractivity contribution is -0.115. The fraction of sp³-hybridized carbons (Fsp3) is 0.533. The SMILES string of the molecule is O=C(CNC1CC1)Nc1ccccc1N1CCCC1. The van der Waals surface area contributed by atoms with Crippen molar-refractivity contribution in [3.8, 4) is 0 Å². The van der Waals surface area contributed by atoms with Crippen LogP contribution in [-0.2, 0) is 4.79 Å². The summed E-state index contributed by atoms with van der Waals surface area (Å²) >= 11 is 0. The van der Waals surface area contributed by atoms with E-state index < -0.39 is 0 Å². The monoisotopic (exact) mass is 259 g/mol. The van der Waals surface area contributed by atoms with Crippen LogP contribution in [0.3, 0.4) is 0 Å². The van der Waals surface area contributed by atoms with Crippen LogP contribution in [0.4, 0.5) is 11.4 Å². The van der Waals surface area contributed by atoms with Gasteiger partial charge in [0.05, 0.1) is 17.9 Å². The summed E-state index contributed by atoms with van der Waals surface area (Å²) in [7, 11) is 0. The average Bonchev–Trinajstić information content (AvgIpc) is 3.10. The summed E-state index contributed by atoms with van der Waals surface area (Å²) in [6.07, 6.45) is 4.90. The van der Waals surface area contributed by atoms with E-state index in [0.29, 0.717) is 12.6 Å². The Morgan fingerprint density at radius 1 is 1.21 bits per heavy atom. The first-order valence-electron chi connectivity index (χ1n) is 7.20. The van der Waals surface area contributed by atoms with Crippen molar-refractivity contribution in [2.24, 2.45) is 0 Å². The zero-order valence-electron chi connectivity index (χ0n) is 11.2. The van der Waals surface area contributed by atoms with Gasteiger partial charge in [0.2, 0.25) is 5.91 Å². The molecule has 0 unspecified atom stereocenters. The molecule has 1 saturated carbocycles. The van der Waals surface area contributed by atoms with E-state index in [4.69, 9.17) is 0 Å². The van der Waals surface area contributed by atoms with Gasteiger partial charge in [0, 0.05) is 19.1 Å². The quantitative estimate of drug-likeness (QED) is 0.850. The van der Waals surface area contributed by atoms with Gasteiger partial charge in [-0.15, -0.1) is 0 Å². The molecule has 19 heavy (non-hydrogen) atoms. The minimum atomic E-state index is 0.0542. The number of benzene rings is 1. The molecule has 1 amide bonds. The van der Waals surface area contributed by atoms with Crippen LogP contribution in [0.2, 0.25) is 0 Å². The molecule has 0 atom stereocenters. The lowest BCUT2D eigenvalue weighted by Crippen LogP contribution is -2.30. The zero-order chi connectivity index (χ0) is 13.1. The number of nitrogens with zero attached hydrogens (tertiary/aromatic N) is 1. The van der Waals surface area contributed by atoms with E-state index in [-0.39, 0.29) is 5.91 Å². The molecule has 2 N–H and O–H groups in total. The van der Waals surface area contributed by atoms with E-state index in [1.807, 2.05) is 18.2 Å². The molecule has 4 nitrogen and oxygen atoms in total. The Labute approximate surface area is 114 Å².